The second-order valence-electron chi connectivity index (χ2n) is 5.43. The van der Waals surface area contributed by atoms with Crippen molar-refractivity contribution in [2.45, 2.75) is 32.6 Å². The minimum absolute atomic E-state index is 0.250. The number of amides is 1. The molecule has 0 unspecified atom stereocenters. The molecule has 1 saturated carbocycles. The number of nitrogens with one attached hydrogen (secondary N) is 1. The van der Waals surface area contributed by atoms with Gasteiger partial charge >= 0.3 is 0 Å². The molecule has 1 amide bonds. The summed E-state index contributed by atoms with van der Waals surface area (Å²) in [6.45, 7) is 2.13. The lowest BCUT2D eigenvalue weighted by molar-refractivity contribution is -0.127. The van der Waals surface area contributed by atoms with Crippen LogP contribution in [0.2, 0.25) is 0 Å². The van der Waals surface area contributed by atoms with Crippen molar-refractivity contribution in [3.8, 4) is 12.1 Å². The van der Waals surface area contributed by atoms with Crippen LogP contribution in [0.1, 0.15) is 32.6 Å². The second kappa shape index (κ2) is 5.27. The van der Waals surface area contributed by atoms with Crippen molar-refractivity contribution in [2.75, 3.05) is 6.26 Å². The first-order chi connectivity index (χ1) is 9.08. The molecule has 2 rings (SSSR count). The smallest absolute Gasteiger partial charge is 0.243 e. The van der Waals surface area contributed by atoms with E-state index < -0.39 is 11.3 Å². The van der Waals surface area contributed by atoms with E-state index in [0.29, 0.717) is 16.5 Å². The van der Waals surface area contributed by atoms with Crippen molar-refractivity contribution in [3.63, 3.8) is 0 Å². The number of rotatable bonds is 1. The predicted molar refractivity (Wildman–Crippen MR) is 73.5 cm³/mol. The van der Waals surface area contributed by atoms with Crippen LogP contribution in [0.25, 0.3) is 0 Å². The molecule has 5 heteroatoms. The molecule has 1 aliphatic heterocycles. The summed E-state index contributed by atoms with van der Waals surface area (Å²) in [5.74, 6) is -0.539. The Labute approximate surface area is 117 Å². The van der Waals surface area contributed by atoms with E-state index in [2.05, 4.69) is 24.4 Å². The van der Waals surface area contributed by atoms with Crippen LogP contribution >= 0.6 is 11.8 Å². The Morgan fingerprint density at radius 1 is 1.47 bits per heavy atom. The van der Waals surface area contributed by atoms with Gasteiger partial charge in [-0.1, -0.05) is 19.8 Å². The Bertz CT molecular complexity index is 514. The van der Waals surface area contributed by atoms with Crippen molar-refractivity contribution in [1.82, 2.24) is 5.32 Å². The van der Waals surface area contributed by atoms with Gasteiger partial charge < -0.3 is 5.32 Å². The maximum absolute atomic E-state index is 12.1. The fourth-order valence-electron chi connectivity index (χ4n) is 3.45. The first kappa shape index (κ1) is 14.0. The van der Waals surface area contributed by atoms with E-state index in [1.54, 1.807) is 0 Å². The number of carbonyl (C=O) groups is 1. The Kier molecular flexibility index (Phi) is 3.87. The molecule has 1 spiro atoms. The first-order valence-electron chi connectivity index (χ1n) is 6.48. The minimum atomic E-state index is -0.735. The number of nitriles is 2. The van der Waals surface area contributed by atoms with Crippen molar-refractivity contribution >= 4 is 17.7 Å². The highest BCUT2D eigenvalue weighted by Gasteiger charge is 2.52. The third kappa shape index (κ3) is 2.13. The van der Waals surface area contributed by atoms with Crippen LogP contribution in [0.4, 0.5) is 0 Å². The van der Waals surface area contributed by atoms with E-state index in [1.165, 1.54) is 11.8 Å². The summed E-state index contributed by atoms with van der Waals surface area (Å²) >= 11 is 1.38. The number of hydrogen-bond acceptors (Lipinski definition) is 4. The Balaban J connectivity index is 2.59. The molecular weight excluding hydrogens is 258 g/mol. The van der Waals surface area contributed by atoms with Gasteiger partial charge in [-0.15, -0.1) is 11.8 Å². The van der Waals surface area contributed by atoms with Gasteiger partial charge in [0.05, 0.1) is 22.7 Å². The highest BCUT2D eigenvalue weighted by atomic mass is 32.2. The summed E-state index contributed by atoms with van der Waals surface area (Å²) in [6, 6.07) is 4.40. The highest BCUT2D eigenvalue weighted by Crippen LogP contribution is 2.53. The zero-order valence-corrected chi connectivity index (χ0v) is 12.0. The molecule has 3 atom stereocenters. The molecule has 1 N–H and O–H groups in total. The molecule has 0 bridgehead atoms. The molecular formula is C14H17N3OS. The molecule has 0 saturated heterocycles. The molecule has 100 valence electrons. The summed E-state index contributed by atoms with van der Waals surface area (Å²) in [5, 5.41) is 22.2. The molecule has 1 heterocycles. The van der Waals surface area contributed by atoms with Crippen LogP contribution in [0.3, 0.4) is 0 Å². The number of carbonyl (C=O) groups excluding carboxylic acids is 1. The fraction of sp³-hybridized carbons (Fsp3) is 0.643. The maximum Gasteiger partial charge on any atom is 0.243 e. The van der Waals surface area contributed by atoms with Gasteiger partial charge in [0.15, 0.2) is 0 Å². The zero-order valence-electron chi connectivity index (χ0n) is 11.2. The molecule has 2 aliphatic rings. The van der Waals surface area contributed by atoms with E-state index in [0.717, 1.165) is 25.7 Å². The standard InChI is InChI=1S/C14H17N3OS/c1-9-4-3-5-14(6-9)10(7-15)12(18)17-13(19-2)11(14)8-16/h9-10H,3-6H2,1-2H3,(H,17,18)/t9-,10+,14+/m1/s1. The summed E-state index contributed by atoms with van der Waals surface area (Å²) in [7, 11) is 0. The van der Waals surface area contributed by atoms with Gasteiger partial charge in [-0.2, -0.15) is 10.5 Å². The van der Waals surface area contributed by atoms with Crippen LogP contribution in [0.15, 0.2) is 10.6 Å². The molecule has 4 nitrogen and oxygen atoms in total. The predicted octanol–water partition coefficient (Wildman–Crippen LogP) is 2.55. The summed E-state index contributed by atoms with van der Waals surface area (Å²) in [5.41, 5.74) is 0.0414. The second-order valence-corrected chi connectivity index (χ2v) is 6.25. The Morgan fingerprint density at radius 3 is 2.74 bits per heavy atom. The molecule has 0 aromatic heterocycles. The van der Waals surface area contributed by atoms with Gasteiger partial charge in [0, 0.05) is 5.41 Å². The zero-order chi connectivity index (χ0) is 14.0. The topological polar surface area (TPSA) is 76.7 Å². The number of nitrogens with zero attached hydrogens (tertiary/aromatic N) is 2. The van der Waals surface area contributed by atoms with E-state index in [9.17, 15) is 15.3 Å². The average Bonchev–Trinajstić information content (AvgIpc) is 2.38. The monoisotopic (exact) mass is 275 g/mol. The quantitative estimate of drug-likeness (QED) is 0.797. The average molecular weight is 275 g/mol. The Hall–Kier alpha value is -1.46. The third-order valence-electron chi connectivity index (χ3n) is 4.25. The summed E-state index contributed by atoms with van der Waals surface area (Å²) in [4.78, 5) is 12.1. The van der Waals surface area contributed by atoms with E-state index in [1.807, 2.05) is 6.26 Å². The lowest BCUT2D eigenvalue weighted by atomic mass is 9.59. The van der Waals surface area contributed by atoms with Crippen LogP contribution < -0.4 is 5.32 Å². The maximum atomic E-state index is 12.1. The van der Waals surface area contributed by atoms with E-state index >= 15 is 0 Å². The Morgan fingerprint density at radius 2 is 2.21 bits per heavy atom. The van der Waals surface area contributed by atoms with Crippen LogP contribution in [-0.4, -0.2) is 12.2 Å². The van der Waals surface area contributed by atoms with Crippen molar-refractivity contribution in [1.29, 1.82) is 10.5 Å². The van der Waals surface area contributed by atoms with Gasteiger partial charge in [-0.25, -0.2) is 0 Å². The molecule has 0 aromatic carbocycles. The SMILES string of the molecule is CSC1=C(C#N)[C@]2(CCC[C@@H](C)C2)[C@@H](C#N)C(=O)N1. The molecule has 19 heavy (non-hydrogen) atoms. The molecule has 1 fully saturated rings. The van der Waals surface area contributed by atoms with Crippen LogP contribution in [-0.2, 0) is 4.79 Å². The van der Waals surface area contributed by atoms with Crippen molar-refractivity contribution in [2.24, 2.45) is 17.3 Å². The van der Waals surface area contributed by atoms with Crippen molar-refractivity contribution in [3.05, 3.63) is 10.6 Å². The summed E-state index contributed by atoms with van der Waals surface area (Å²) in [6.07, 6.45) is 5.44. The number of thioether (sulfide) groups is 1. The van der Waals surface area contributed by atoms with Gasteiger partial charge in [0.2, 0.25) is 5.91 Å². The van der Waals surface area contributed by atoms with Gasteiger partial charge in [-0.05, 0) is 25.0 Å². The number of allylic oxidation sites excluding steroid dienone is 1. The minimum Gasteiger partial charge on any atom is -0.319 e. The lowest BCUT2D eigenvalue weighted by Crippen LogP contribution is -2.49. The van der Waals surface area contributed by atoms with Gasteiger partial charge in [0.1, 0.15) is 5.92 Å². The molecule has 0 aromatic rings. The lowest BCUT2D eigenvalue weighted by Gasteiger charge is -2.45. The molecule has 1 aliphatic carbocycles. The van der Waals surface area contributed by atoms with Gasteiger partial charge in [0.25, 0.3) is 0 Å². The summed E-state index contributed by atoms with van der Waals surface area (Å²) < 4.78 is 0. The van der Waals surface area contributed by atoms with Crippen LogP contribution in [0.5, 0.6) is 0 Å². The normalized spacial score (nSPS) is 34.6. The van der Waals surface area contributed by atoms with E-state index in [-0.39, 0.29) is 5.91 Å². The third-order valence-corrected chi connectivity index (χ3v) is 4.97. The number of hydrogen-bond donors (Lipinski definition) is 1. The van der Waals surface area contributed by atoms with E-state index in [4.69, 9.17) is 0 Å². The van der Waals surface area contributed by atoms with Crippen LogP contribution in [0, 0.1) is 39.9 Å². The first-order valence-corrected chi connectivity index (χ1v) is 7.71. The largest absolute Gasteiger partial charge is 0.319 e. The molecule has 0 radical (unpaired) electrons. The van der Waals surface area contributed by atoms with Gasteiger partial charge in [-0.3, -0.25) is 4.79 Å². The fourth-order valence-corrected chi connectivity index (χ4v) is 4.10. The van der Waals surface area contributed by atoms with Crippen molar-refractivity contribution < 1.29 is 4.79 Å². The highest BCUT2D eigenvalue weighted by molar-refractivity contribution is 8.02.